The SMILES string of the molecule is CC1C=CCC(C)C1(CO)CO. The van der Waals surface area contributed by atoms with Gasteiger partial charge in [0.2, 0.25) is 0 Å². The number of rotatable bonds is 2. The van der Waals surface area contributed by atoms with Gasteiger partial charge in [0, 0.05) is 5.41 Å². The summed E-state index contributed by atoms with van der Waals surface area (Å²) in [5, 5.41) is 18.6. The van der Waals surface area contributed by atoms with Crippen molar-refractivity contribution in [3.8, 4) is 0 Å². The summed E-state index contributed by atoms with van der Waals surface area (Å²) in [6.07, 6.45) is 5.19. The third-order valence-electron chi connectivity index (χ3n) is 3.39. The Labute approximate surface area is 73.9 Å². The molecule has 0 aromatic heterocycles. The molecule has 0 heterocycles. The molecule has 0 aromatic rings. The molecule has 0 radical (unpaired) electrons. The number of aliphatic hydroxyl groups is 2. The molecule has 0 aromatic carbocycles. The fourth-order valence-electron chi connectivity index (χ4n) is 2.01. The van der Waals surface area contributed by atoms with E-state index in [-0.39, 0.29) is 24.5 Å². The Morgan fingerprint density at radius 2 is 1.92 bits per heavy atom. The first-order valence-corrected chi connectivity index (χ1v) is 4.55. The molecule has 12 heavy (non-hydrogen) atoms. The van der Waals surface area contributed by atoms with Gasteiger partial charge in [-0.3, -0.25) is 0 Å². The van der Waals surface area contributed by atoms with E-state index in [1.54, 1.807) is 0 Å². The van der Waals surface area contributed by atoms with Crippen LogP contribution in [0.1, 0.15) is 20.3 Å². The molecule has 0 saturated heterocycles. The first kappa shape index (κ1) is 9.75. The third kappa shape index (κ3) is 1.29. The van der Waals surface area contributed by atoms with Crippen LogP contribution in [0.25, 0.3) is 0 Å². The van der Waals surface area contributed by atoms with Gasteiger partial charge in [-0.2, -0.15) is 0 Å². The Morgan fingerprint density at radius 3 is 2.25 bits per heavy atom. The lowest BCUT2D eigenvalue weighted by molar-refractivity contribution is -0.0228. The van der Waals surface area contributed by atoms with Crippen LogP contribution in [0.15, 0.2) is 12.2 Å². The topological polar surface area (TPSA) is 40.5 Å². The summed E-state index contributed by atoms with van der Waals surface area (Å²) in [5.74, 6) is 0.642. The van der Waals surface area contributed by atoms with E-state index in [1.807, 2.05) is 0 Å². The van der Waals surface area contributed by atoms with Gasteiger partial charge in [0.1, 0.15) is 0 Å². The van der Waals surface area contributed by atoms with Gasteiger partial charge < -0.3 is 10.2 Å². The molecular formula is C10H18O2. The van der Waals surface area contributed by atoms with Gasteiger partial charge in [0.05, 0.1) is 13.2 Å². The second-order valence-corrected chi connectivity index (χ2v) is 3.90. The van der Waals surface area contributed by atoms with Gasteiger partial charge in [-0.1, -0.05) is 26.0 Å². The van der Waals surface area contributed by atoms with Crippen molar-refractivity contribution < 1.29 is 10.2 Å². The van der Waals surface area contributed by atoms with Gasteiger partial charge in [0.25, 0.3) is 0 Å². The molecule has 0 fully saturated rings. The van der Waals surface area contributed by atoms with E-state index in [9.17, 15) is 10.2 Å². The first-order chi connectivity index (χ1) is 5.67. The lowest BCUT2D eigenvalue weighted by Gasteiger charge is -2.42. The largest absolute Gasteiger partial charge is 0.396 e. The van der Waals surface area contributed by atoms with Crippen LogP contribution in [-0.4, -0.2) is 23.4 Å². The van der Waals surface area contributed by atoms with Crippen molar-refractivity contribution in [2.75, 3.05) is 13.2 Å². The van der Waals surface area contributed by atoms with Crippen molar-refractivity contribution in [3.05, 3.63) is 12.2 Å². The highest BCUT2D eigenvalue weighted by atomic mass is 16.3. The molecule has 0 amide bonds. The molecule has 2 atom stereocenters. The van der Waals surface area contributed by atoms with Crippen LogP contribution in [-0.2, 0) is 0 Å². The number of aliphatic hydroxyl groups excluding tert-OH is 2. The van der Waals surface area contributed by atoms with Crippen molar-refractivity contribution in [3.63, 3.8) is 0 Å². The minimum absolute atomic E-state index is 0.0795. The molecule has 0 saturated carbocycles. The van der Waals surface area contributed by atoms with Crippen LogP contribution in [0, 0.1) is 17.3 Å². The maximum atomic E-state index is 9.29. The summed E-state index contributed by atoms with van der Waals surface area (Å²) >= 11 is 0. The van der Waals surface area contributed by atoms with E-state index in [2.05, 4.69) is 26.0 Å². The fourth-order valence-corrected chi connectivity index (χ4v) is 2.01. The van der Waals surface area contributed by atoms with E-state index >= 15 is 0 Å². The Morgan fingerprint density at radius 1 is 1.33 bits per heavy atom. The summed E-state index contributed by atoms with van der Waals surface area (Å²) in [7, 11) is 0. The maximum Gasteiger partial charge on any atom is 0.0517 e. The smallest absolute Gasteiger partial charge is 0.0517 e. The Balaban J connectivity index is 2.88. The fraction of sp³-hybridized carbons (Fsp3) is 0.800. The molecule has 1 rings (SSSR count). The molecule has 2 N–H and O–H groups in total. The average molecular weight is 170 g/mol. The highest BCUT2D eigenvalue weighted by molar-refractivity contribution is 5.05. The molecule has 70 valence electrons. The summed E-state index contributed by atoms with van der Waals surface area (Å²) in [6.45, 7) is 4.30. The first-order valence-electron chi connectivity index (χ1n) is 4.55. The van der Waals surface area contributed by atoms with Crippen LogP contribution in [0.2, 0.25) is 0 Å². The van der Waals surface area contributed by atoms with E-state index < -0.39 is 0 Å². The highest BCUT2D eigenvalue weighted by Crippen LogP contribution is 2.41. The van der Waals surface area contributed by atoms with E-state index in [0.717, 1.165) is 6.42 Å². The maximum absolute atomic E-state index is 9.29. The van der Waals surface area contributed by atoms with E-state index in [4.69, 9.17) is 0 Å². The summed E-state index contributed by atoms with van der Waals surface area (Å²) in [5.41, 5.74) is -0.297. The molecule has 0 aliphatic heterocycles. The molecule has 2 heteroatoms. The second kappa shape index (κ2) is 3.58. The zero-order chi connectivity index (χ0) is 9.19. The van der Waals surface area contributed by atoms with Gasteiger partial charge in [-0.15, -0.1) is 0 Å². The molecule has 2 nitrogen and oxygen atoms in total. The molecule has 1 aliphatic carbocycles. The van der Waals surface area contributed by atoms with E-state index in [1.165, 1.54) is 0 Å². The predicted molar refractivity (Wildman–Crippen MR) is 48.7 cm³/mol. The third-order valence-corrected chi connectivity index (χ3v) is 3.39. The van der Waals surface area contributed by atoms with Crippen molar-refractivity contribution in [2.24, 2.45) is 17.3 Å². The summed E-state index contributed by atoms with van der Waals surface area (Å²) in [6, 6.07) is 0. The number of hydrogen-bond donors (Lipinski definition) is 2. The molecular weight excluding hydrogens is 152 g/mol. The Kier molecular flexibility index (Phi) is 2.91. The van der Waals surface area contributed by atoms with Gasteiger partial charge in [0.15, 0.2) is 0 Å². The minimum Gasteiger partial charge on any atom is -0.396 e. The standard InChI is InChI=1S/C10H18O2/c1-8-4-3-5-9(2)10(8,6-11)7-12/h3-4,8-9,11-12H,5-7H2,1-2H3. The Bertz CT molecular complexity index is 171. The normalized spacial score (nSPS) is 33.7. The lowest BCUT2D eigenvalue weighted by Crippen LogP contribution is -2.43. The van der Waals surface area contributed by atoms with Crippen molar-refractivity contribution in [2.45, 2.75) is 20.3 Å². The quantitative estimate of drug-likeness (QED) is 0.611. The lowest BCUT2D eigenvalue weighted by atomic mass is 9.65. The van der Waals surface area contributed by atoms with Crippen LogP contribution >= 0.6 is 0 Å². The van der Waals surface area contributed by atoms with Gasteiger partial charge in [-0.05, 0) is 18.3 Å². The highest BCUT2D eigenvalue weighted by Gasteiger charge is 2.40. The number of hydrogen-bond acceptors (Lipinski definition) is 2. The predicted octanol–water partition coefficient (Wildman–Crippen LogP) is 1.19. The zero-order valence-corrected chi connectivity index (χ0v) is 7.83. The molecule has 0 spiro atoms. The second-order valence-electron chi connectivity index (χ2n) is 3.90. The van der Waals surface area contributed by atoms with Crippen LogP contribution in [0.3, 0.4) is 0 Å². The minimum atomic E-state index is -0.297. The summed E-state index contributed by atoms with van der Waals surface area (Å²) in [4.78, 5) is 0. The average Bonchev–Trinajstić information content (AvgIpc) is 2.06. The molecule has 1 aliphatic rings. The van der Waals surface area contributed by atoms with Crippen LogP contribution < -0.4 is 0 Å². The Hall–Kier alpha value is -0.340. The van der Waals surface area contributed by atoms with Crippen LogP contribution in [0.4, 0.5) is 0 Å². The van der Waals surface area contributed by atoms with Gasteiger partial charge in [-0.25, -0.2) is 0 Å². The van der Waals surface area contributed by atoms with Crippen molar-refractivity contribution >= 4 is 0 Å². The van der Waals surface area contributed by atoms with E-state index in [0.29, 0.717) is 5.92 Å². The van der Waals surface area contributed by atoms with Crippen molar-refractivity contribution in [1.82, 2.24) is 0 Å². The number of allylic oxidation sites excluding steroid dienone is 2. The van der Waals surface area contributed by atoms with Gasteiger partial charge >= 0.3 is 0 Å². The van der Waals surface area contributed by atoms with Crippen LogP contribution in [0.5, 0.6) is 0 Å². The summed E-state index contributed by atoms with van der Waals surface area (Å²) < 4.78 is 0. The molecule has 2 unspecified atom stereocenters. The zero-order valence-electron chi connectivity index (χ0n) is 7.83. The monoisotopic (exact) mass is 170 g/mol. The molecule has 0 bridgehead atoms. The van der Waals surface area contributed by atoms with Crippen molar-refractivity contribution in [1.29, 1.82) is 0 Å².